The highest BCUT2D eigenvalue weighted by molar-refractivity contribution is 9.10. The van der Waals surface area contributed by atoms with Gasteiger partial charge in [-0.15, -0.1) is 0 Å². The van der Waals surface area contributed by atoms with Gasteiger partial charge in [0, 0.05) is 15.8 Å². The molecular weight excluding hydrogens is 300 g/mol. The maximum absolute atomic E-state index is 8.69. The molecule has 0 bridgehead atoms. The predicted molar refractivity (Wildman–Crippen MR) is 73.6 cm³/mol. The number of benzene rings is 2. The van der Waals surface area contributed by atoms with Crippen molar-refractivity contribution in [3.05, 3.63) is 57.5 Å². The molecule has 2 nitrogen and oxygen atoms in total. The largest absolute Gasteiger partial charge is 0.355 e. The van der Waals surface area contributed by atoms with Gasteiger partial charge in [0.05, 0.1) is 16.7 Å². The Morgan fingerprint density at radius 1 is 1.06 bits per heavy atom. The van der Waals surface area contributed by atoms with Crippen molar-refractivity contribution in [2.45, 2.75) is 0 Å². The molecule has 2 rings (SSSR count). The highest BCUT2D eigenvalue weighted by atomic mass is 79.9. The Balaban J connectivity index is 2.20. The molecule has 0 unspecified atom stereocenters. The lowest BCUT2D eigenvalue weighted by Gasteiger charge is -2.07. The van der Waals surface area contributed by atoms with Gasteiger partial charge in [0.1, 0.15) is 0 Å². The van der Waals surface area contributed by atoms with E-state index in [9.17, 15) is 0 Å². The fourth-order valence-corrected chi connectivity index (χ4v) is 1.86. The van der Waals surface area contributed by atoms with Gasteiger partial charge >= 0.3 is 0 Å². The summed E-state index contributed by atoms with van der Waals surface area (Å²) in [5, 5.41) is 12.6. The van der Waals surface area contributed by atoms with Crippen LogP contribution in [0.15, 0.2) is 46.9 Å². The summed E-state index contributed by atoms with van der Waals surface area (Å²) >= 11 is 9.28. The number of halogens is 2. The zero-order valence-electron chi connectivity index (χ0n) is 8.74. The molecule has 2 aromatic carbocycles. The SMILES string of the molecule is N#Cc1ccc(Nc2ccc(Cl)c(Br)c2)cc1. The molecule has 0 radical (unpaired) electrons. The van der Waals surface area contributed by atoms with Crippen molar-refractivity contribution in [1.29, 1.82) is 5.26 Å². The molecule has 0 heterocycles. The van der Waals surface area contributed by atoms with E-state index < -0.39 is 0 Å². The van der Waals surface area contributed by atoms with E-state index in [4.69, 9.17) is 16.9 Å². The van der Waals surface area contributed by atoms with Crippen molar-refractivity contribution < 1.29 is 0 Å². The fourth-order valence-electron chi connectivity index (χ4n) is 1.37. The lowest BCUT2D eigenvalue weighted by atomic mass is 10.2. The van der Waals surface area contributed by atoms with Crippen LogP contribution in [0.5, 0.6) is 0 Å². The molecule has 0 aromatic heterocycles. The van der Waals surface area contributed by atoms with Crippen molar-refractivity contribution in [3.8, 4) is 6.07 Å². The van der Waals surface area contributed by atoms with E-state index >= 15 is 0 Å². The number of nitriles is 1. The molecule has 0 spiro atoms. The summed E-state index contributed by atoms with van der Waals surface area (Å²) in [6.07, 6.45) is 0. The third-order valence-corrected chi connectivity index (χ3v) is 3.44. The summed E-state index contributed by atoms with van der Waals surface area (Å²) in [5.74, 6) is 0. The van der Waals surface area contributed by atoms with Crippen LogP contribution in [0.25, 0.3) is 0 Å². The van der Waals surface area contributed by atoms with Gasteiger partial charge in [-0.2, -0.15) is 5.26 Å². The Hall–Kier alpha value is -1.50. The van der Waals surface area contributed by atoms with E-state index in [2.05, 4.69) is 27.3 Å². The molecule has 84 valence electrons. The van der Waals surface area contributed by atoms with Crippen LogP contribution in [0.2, 0.25) is 5.02 Å². The van der Waals surface area contributed by atoms with Gasteiger partial charge in [-0.25, -0.2) is 0 Å². The smallest absolute Gasteiger partial charge is 0.0991 e. The number of hydrogen-bond donors (Lipinski definition) is 1. The number of rotatable bonds is 2. The average Bonchev–Trinajstić information content (AvgIpc) is 2.35. The van der Waals surface area contributed by atoms with Crippen molar-refractivity contribution in [2.75, 3.05) is 5.32 Å². The summed E-state index contributed by atoms with van der Waals surface area (Å²) in [5.41, 5.74) is 2.51. The highest BCUT2D eigenvalue weighted by Gasteiger charge is 1.99. The van der Waals surface area contributed by atoms with Gasteiger partial charge in [0.25, 0.3) is 0 Å². The van der Waals surface area contributed by atoms with Crippen molar-refractivity contribution >= 4 is 38.9 Å². The van der Waals surface area contributed by atoms with Gasteiger partial charge in [-0.1, -0.05) is 11.6 Å². The van der Waals surface area contributed by atoms with E-state index in [-0.39, 0.29) is 0 Å². The summed E-state index contributed by atoms with van der Waals surface area (Å²) in [7, 11) is 0. The minimum absolute atomic E-state index is 0.646. The molecule has 1 N–H and O–H groups in total. The second kappa shape index (κ2) is 5.22. The molecule has 0 fully saturated rings. The second-order valence-electron chi connectivity index (χ2n) is 3.44. The van der Waals surface area contributed by atoms with E-state index in [1.165, 1.54) is 0 Å². The van der Waals surface area contributed by atoms with E-state index in [1.54, 1.807) is 12.1 Å². The lowest BCUT2D eigenvalue weighted by molar-refractivity contribution is 1.47. The summed E-state index contributed by atoms with van der Waals surface area (Å²) in [6, 6.07) is 15.0. The van der Waals surface area contributed by atoms with Crippen LogP contribution >= 0.6 is 27.5 Å². The standard InChI is InChI=1S/C13H8BrClN2/c14-12-7-11(5-6-13(12)15)17-10-3-1-9(8-16)2-4-10/h1-7,17H. The number of nitrogens with zero attached hydrogens (tertiary/aromatic N) is 1. The first-order chi connectivity index (χ1) is 8.19. The first-order valence-electron chi connectivity index (χ1n) is 4.91. The Bertz CT molecular complexity index is 573. The summed E-state index contributed by atoms with van der Waals surface area (Å²) < 4.78 is 0.845. The zero-order chi connectivity index (χ0) is 12.3. The van der Waals surface area contributed by atoms with Gasteiger partial charge < -0.3 is 5.32 Å². The highest BCUT2D eigenvalue weighted by Crippen LogP contribution is 2.27. The average molecular weight is 308 g/mol. The van der Waals surface area contributed by atoms with Crippen molar-refractivity contribution in [2.24, 2.45) is 0 Å². The van der Waals surface area contributed by atoms with Crippen LogP contribution in [-0.2, 0) is 0 Å². The van der Waals surface area contributed by atoms with Crippen LogP contribution < -0.4 is 5.32 Å². The maximum atomic E-state index is 8.69. The van der Waals surface area contributed by atoms with Crippen LogP contribution in [0.4, 0.5) is 11.4 Å². The minimum atomic E-state index is 0.646. The van der Waals surface area contributed by atoms with Crippen LogP contribution in [0.3, 0.4) is 0 Å². The van der Waals surface area contributed by atoms with Gasteiger partial charge in [0.15, 0.2) is 0 Å². The quantitative estimate of drug-likeness (QED) is 0.871. The molecule has 0 amide bonds. The molecule has 2 aromatic rings. The van der Waals surface area contributed by atoms with Crippen molar-refractivity contribution in [1.82, 2.24) is 0 Å². The Morgan fingerprint density at radius 2 is 1.71 bits per heavy atom. The Kier molecular flexibility index (Phi) is 3.68. The second-order valence-corrected chi connectivity index (χ2v) is 4.70. The topological polar surface area (TPSA) is 35.8 Å². The van der Waals surface area contributed by atoms with Gasteiger partial charge in [-0.3, -0.25) is 0 Å². The van der Waals surface area contributed by atoms with E-state index in [1.807, 2.05) is 30.3 Å². The van der Waals surface area contributed by atoms with Gasteiger partial charge in [-0.05, 0) is 58.4 Å². The Labute approximate surface area is 113 Å². The van der Waals surface area contributed by atoms with E-state index in [0.717, 1.165) is 15.8 Å². The molecule has 0 saturated heterocycles. The van der Waals surface area contributed by atoms with Crippen LogP contribution in [0.1, 0.15) is 5.56 Å². The molecule has 17 heavy (non-hydrogen) atoms. The lowest BCUT2D eigenvalue weighted by Crippen LogP contribution is -1.90. The predicted octanol–water partition coefficient (Wildman–Crippen LogP) is 4.72. The number of hydrogen-bond acceptors (Lipinski definition) is 2. The van der Waals surface area contributed by atoms with E-state index in [0.29, 0.717) is 10.6 Å². The molecule has 0 aliphatic heterocycles. The van der Waals surface area contributed by atoms with Crippen molar-refractivity contribution in [3.63, 3.8) is 0 Å². The molecule has 0 saturated carbocycles. The molecule has 0 aliphatic carbocycles. The van der Waals surface area contributed by atoms with Gasteiger partial charge in [0.2, 0.25) is 0 Å². The third-order valence-electron chi connectivity index (χ3n) is 2.22. The minimum Gasteiger partial charge on any atom is -0.355 e. The third kappa shape index (κ3) is 3.00. The summed E-state index contributed by atoms with van der Waals surface area (Å²) in [6.45, 7) is 0. The van der Waals surface area contributed by atoms with Crippen LogP contribution in [-0.4, -0.2) is 0 Å². The normalized spacial score (nSPS) is 9.71. The Morgan fingerprint density at radius 3 is 2.29 bits per heavy atom. The monoisotopic (exact) mass is 306 g/mol. The zero-order valence-corrected chi connectivity index (χ0v) is 11.1. The first kappa shape index (κ1) is 12.0. The molecule has 0 aliphatic rings. The fraction of sp³-hybridized carbons (Fsp3) is 0. The molecule has 4 heteroatoms. The molecular formula is C13H8BrClN2. The van der Waals surface area contributed by atoms with Crippen LogP contribution in [0, 0.1) is 11.3 Å². The summed E-state index contributed by atoms with van der Waals surface area (Å²) in [4.78, 5) is 0. The number of nitrogens with one attached hydrogen (secondary N) is 1. The molecule has 0 atom stereocenters. The maximum Gasteiger partial charge on any atom is 0.0991 e. The first-order valence-corrected chi connectivity index (χ1v) is 6.08. The number of anilines is 2.